The Balaban J connectivity index is 1.23. The first-order valence-electron chi connectivity index (χ1n) is 16.4. The lowest BCUT2D eigenvalue weighted by Gasteiger charge is -2.26. The minimum Gasteiger partial charge on any atom is -0.310 e. The van der Waals surface area contributed by atoms with Gasteiger partial charge in [-0.1, -0.05) is 143 Å². The highest BCUT2D eigenvalue weighted by atomic mass is 79.9. The van der Waals surface area contributed by atoms with Gasteiger partial charge in [0, 0.05) is 21.5 Å². The predicted molar refractivity (Wildman–Crippen MR) is 210 cm³/mol. The molecule has 0 bridgehead atoms. The largest absolute Gasteiger partial charge is 0.310 e. The van der Waals surface area contributed by atoms with Crippen molar-refractivity contribution in [3.05, 3.63) is 185 Å². The Morgan fingerprint density at radius 1 is 0.396 bits per heavy atom. The van der Waals surface area contributed by atoms with Crippen LogP contribution < -0.4 is 4.90 Å². The van der Waals surface area contributed by atoms with Crippen LogP contribution in [-0.2, 0) is 0 Å². The number of nitrogens with zero attached hydrogens (tertiary/aromatic N) is 1. The summed E-state index contributed by atoms with van der Waals surface area (Å²) < 4.78 is 1.05. The molecule has 0 aliphatic carbocycles. The second-order valence-corrected chi connectivity index (χ2v) is 13.3. The van der Waals surface area contributed by atoms with E-state index < -0.39 is 0 Å². The normalized spacial score (nSPS) is 11.2. The van der Waals surface area contributed by atoms with Crippen LogP contribution >= 0.6 is 15.9 Å². The zero-order valence-corrected chi connectivity index (χ0v) is 28.6. The first-order valence-corrected chi connectivity index (χ1v) is 17.2. The smallest absolute Gasteiger partial charge is 0.0472 e. The van der Waals surface area contributed by atoms with E-state index in [1.165, 1.54) is 66.1 Å². The van der Waals surface area contributed by atoms with Gasteiger partial charge < -0.3 is 4.90 Å². The lowest BCUT2D eigenvalue weighted by Crippen LogP contribution is -2.09. The molecule has 0 fully saturated rings. The van der Waals surface area contributed by atoms with Crippen molar-refractivity contribution < 1.29 is 0 Å². The van der Waals surface area contributed by atoms with Crippen LogP contribution in [0.2, 0.25) is 0 Å². The zero-order chi connectivity index (χ0) is 32.6. The van der Waals surface area contributed by atoms with Crippen LogP contribution in [0.1, 0.15) is 11.1 Å². The molecule has 0 saturated carbocycles. The molecule has 48 heavy (non-hydrogen) atoms. The third kappa shape index (κ3) is 5.49. The van der Waals surface area contributed by atoms with Gasteiger partial charge in [-0.25, -0.2) is 0 Å². The van der Waals surface area contributed by atoms with Crippen molar-refractivity contribution in [3.63, 3.8) is 0 Å². The van der Waals surface area contributed by atoms with Crippen LogP contribution in [0, 0.1) is 13.8 Å². The molecule has 0 saturated heterocycles. The van der Waals surface area contributed by atoms with Gasteiger partial charge >= 0.3 is 0 Å². The molecule has 8 aromatic rings. The number of aryl methyl sites for hydroxylation is 2. The monoisotopic (exact) mass is 679 g/mol. The summed E-state index contributed by atoms with van der Waals surface area (Å²) in [6.07, 6.45) is 0. The highest BCUT2D eigenvalue weighted by molar-refractivity contribution is 9.10. The quantitative estimate of drug-likeness (QED) is 0.169. The number of fused-ring (bicyclic) bond motifs is 2. The second-order valence-electron chi connectivity index (χ2n) is 12.4. The molecular weight excluding hydrogens is 646 g/mol. The molecule has 0 atom stereocenters. The summed E-state index contributed by atoms with van der Waals surface area (Å²) in [6, 6.07) is 61.3. The van der Waals surface area contributed by atoms with Gasteiger partial charge in [0.2, 0.25) is 0 Å². The molecular formula is C46H34BrN. The third-order valence-electron chi connectivity index (χ3n) is 9.36. The Labute approximate surface area is 290 Å². The molecule has 0 unspecified atom stereocenters. The lowest BCUT2D eigenvalue weighted by molar-refractivity contribution is 1.28. The Morgan fingerprint density at radius 3 is 1.69 bits per heavy atom. The fourth-order valence-corrected chi connectivity index (χ4v) is 7.47. The van der Waals surface area contributed by atoms with E-state index in [0.29, 0.717) is 0 Å². The number of anilines is 3. The van der Waals surface area contributed by atoms with Crippen LogP contribution in [0.15, 0.2) is 174 Å². The van der Waals surface area contributed by atoms with Gasteiger partial charge in [0.25, 0.3) is 0 Å². The van der Waals surface area contributed by atoms with E-state index in [4.69, 9.17) is 0 Å². The maximum absolute atomic E-state index is 3.70. The molecule has 230 valence electrons. The summed E-state index contributed by atoms with van der Waals surface area (Å²) in [5.74, 6) is 0. The van der Waals surface area contributed by atoms with E-state index in [2.05, 4.69) is 205 Å². The van der Waals surface area contributed by atoms with Crippen LogP contribution in [-0.4, -0.2) is 0 Å². The SMILES string of the molecule is Cc1ccc2ccccc2c1-c1c(C)cc(-c2ccc(N(c3ccc(-c4ccccc4)cc3)c3cccc(Br)c3)cc2)c2ccccc12. The second kappa shape index (κ2) is 12.6. The molecule has 1 nitrogen and oxygen atoms in total. The molecule has 0 aliphatic rings. The van der Waals surface area contributed by atoms with Crippen molar-refractivity contribution in [2.24, 2.45) is 0 Å². The summed E-state index contributed by atoms with van der Waals surface area (Å²) >= 11 is 3.70. The van der Waals surface area contributed by atoms with E-state index in [9.17, 15) is 0 Å². The van der Waals surface area contributed by atoms with Crippen molar-refractivity contribution in [2.75, 3.05) is 4.90 Å². The molecule has 0 aromatic heterocycles. The van der Waals surface area contributed by atoms with E-state index in [-0.39, 0.29) is 0 Å². The van der Waals surface area contributed by atoms with Crippen molar-refractivity contribution >= 4 is 54.5 Å². The maximum Gasteiger partial charge on any atom is 0.0472 e. The zero-order valence-electron chi connectivity index (χ0n) is 27.0. The topological polar surface area (TPSA) is 3.24 Å². The van der Waals surface area contributed by atoms with Crippen molar-refractivity contribution in [1.82, 2.24) is 0 Å². The highest BCUT2D eigenvalue weighted by Gasteiger charge is 2.18. The first kappa shape index (κ1) is 29.9. The van der Waals surface area contributed by atoms with Gasteiger partial charge in [0.05, 0.1) is 0 Å². The molecule has 0 amide bonds. The summed E-state index contributed by atoms with van der Waals surface area (Å²) in [5.41, 5.74) is 13.4. The van der Waals surface area contributed by atoms with Crippen molar-refractivity contribution in [1.29, 1.82) is 0 Å². The lowest BCUT2D eigenvalue weighted by atomic mass is 9.85. The molecule has 0 N–H and O–H groups in total. The predicted octanol–water partition coefficient (Wildman–Crippen LogP) is 13.8. The molecule has 0 aliphatic heterocycles. The summed E-state index contributed by atoms with van der Waals surface area (Å²) in [6.45, 7) is 4.49. The van der Waals surface area contributed by atoms with Gasteiger partial charge in [-0.15, -0.1) is 0 Å². The van der Waals surface area contributed by atoms with Crippen LogP contribution in [0.3, 0.4) is 0 Å². The molecule has 8 rings (SSSR count). The number of halogens is 1. The minimum atomic E-state index is 1.05. The minimum absolute atomic E-state index is 1.05. The standard InChI is InChI=1S/C46H34BrN/c1-31-19-20-35-13-6-7-16-41(35)45(31)46-32(2)29-44(42-17-8-9-18-43(42)46)36-23-27-39(28-24-36)48(40-15-10-14-37(47)30-40)38-25-21-34(22-26-38)33-11-4-3-5-12-33/h3-30H,1-2H3. The van der Waals surface area contributed by atoms with Crippen LogP contribution in [0.5, 0.6) is 0 Å². The Kier molecular flexibility index (Phi) is 7.88. The average Bonchev–Trinajstić information content (AvgIpc) is 3.13. The van der Waals surface area contributed by atoms with Gasteiger partial charge in [-0.2, -0.15) is 0 Å². The van der Waals surface area contributed by atoms with E-state index in [1.807, 2.05) is 0 Å². The van der Waals surface area contributed by atoms with Crippen molar-refractivity contribution in [3.8, 4) is 33.4 Å². The van der Waals surface area contributed by atoms with Gasteiger partial charge in [0.15, 0.2) is 0 Å². The third-order valence-corrected chi connectivity index (χ3v) is 9.86. The Hall–Kier alpha value is -5.44. The molecule has 8 aromatic carbocycles. The first-order chi connectivity index (χ1) is 23.5. The van der Waals surface area contributed by atoms with E-state index in [0.717, 1.165) is 21.5 Å². The molecule has 2 heteroatoms. The average molecular weight is 681 g/mol. The van der Waals surface area contributed by atoms with Gasteiger partial charge in [-0.05, 0) is 122 Å². The van der Waals surface area contributed by atoms with E-state index in [1.54, 1.807) is 0 Å². The number of benzene rings is 8. The van der Waals surface area contributed by atoms with E-state index >= 15 is 0 Å². The number of hydrogen-bond acceptors (Lipinski definition) is 1. The van der Waals surface area contributed by atoms with Crippen molar-refractivity contribution in [2.45, 2.75) is 13.8 Å². The summed E-state index contributed by atoms with van der Waals surface area (Å²) in [4.78, 5) is 2.32. The molecule has 0 heterocycles. The van der Waals surface area contributed by atoms with Gasteiger partial charge in [0.1, 0.15) is 0 Å². The maximum atomic E-state index is 3.70. The summed E-state index contributed by atoms with van der Waals surface area (Å²) in [5, 5.41) is 5.11. The fraction of sp³-hybridized carbons (Fsp3) is 0.0435. The number of hydrogen-bond donors (Lipinski definition) is 0. The highest BCUT2D eigenvalue weighted by Crippen LogP contribution is 2.43. The number of rotatable bonds is 6. The van der Waals surface area contributed by atoms with Gasteiger partial charge in [-0.3, -0.25) is 0 Å². The van der Waals surface area contributed by atoms with Crippen LogP contribution in [0.4, 0.5) is 17.1 Å². The Bertz CT molecular complexity index is 2410. The molecule has 0 spiro atoms. The molecule has 0 radical (unpaired) electrons. The summed E-state index contributed by atoms with van der Waals surface area (Å²) in [7, 11) is 0. The van der Waals surface area contributed by atoms with Crippen LogP contribution in [0.25, 0.3) is 54.9 Å². The fourth-order valence-electron chi connectivity index (χ4n) is 7.08. The Morgan fingerprint density at radius 2 is 0.979 bits per heavy atom.